The number of amides is 4. The lowest BCUT2D eigenvalue weighted by Gasteiger charge is -2.37. The normalized spacial score (nSPS) is 22.6. The van der Waals surface area contributed by atoms with Crippen molar-refractivity contribution in [1.82, 2.24) is 20.0 Å². The number of alkyl halides is 2. The minimum absolute atomic E-state index is 0.0705. The van der Waals surface area contributed by atoms with Crippen LogP contribution in [0.3, 0.4) is 0 Å². The minimum atomic E-state index is -5.77. The summed E-state index contributed by atoms with van der Waals surface area (Å²) in [7, 11) is -5.77. The summed E-state index contributed by atoms with van der Waals surface area (Å²) in [4.78, 5) is 77.9. The zero-order valence-electron chi connectivity index (χ0n) is 27.1. The molecule has 15 heteroatoms. The number of fused-ring (bicyclic) bond motifs is 2. The molecule has 47 heavy (non-hydrogen) atoms. The Morgan fingerprint density at radius 2 is 1.79 bits per heavy atom. The Morgan fingerprint density at radius 3 is 2.45 bits per heavy atom. The second kappa shape index (κ2) is 13.2. The predicted octanol–water partition coefficient (Wildman–Crippen LogP) is 4.51. The molecule has 11 nitrogen and oxygen atoms in total. The van der Waals surface area contributed by atoms with Crippen LogP contribution in [0.5, 0.6) is 0 Å². The first kappa shape index (κ1) is 35.4. The van der Waals surface area contributed by atoms with Gasteiger partial charge in [-0.05, 0) is 54.7 Å². The molecule has 0 radical (unpaired) electrons. The Labute approximate surface area is 276 Å². The van der Waals surface area contributed by atoms with Crippen LogP contribution in [0.1, 0.15) is 81.5 Å². The number of unbranched alkanes of at least 4 members (excludes halogenated alkanes) is 1. The van der Waals surface area contributed by atoms with Gasteiger partial charge >= 0.3 is 13.3 Å². The summed E-state index contributed by atoms with van der Waals surface area (Å²) < 4.78 is 40.4. The summed E-state index contributed by atoms with van der Waals surface area (Å²) in [6.07, 6.45) is 4.22. The number of carbonyl (C=O) groups is 4. The van der Waals surface area contributed by atoms with Gasteiger partial charge in [-0.3, -0.25) is 23.7 Å². The molecule has 4 atom stereocenters. The topological polar surface area (TPSA) is 148 Å². The fourth-order valence-corrected chi connectivity index (χ4v) is 8.35. The maximum absolute atomic E-state index is 14.3. The van der Waals surface area contributed by atoms with Crippen LogP contribution in [0, 0.1) is 11.3 Å². The molecule has 258 valence electrons. The van der Waals surface area contributed by atoms with Crippen LogP contribution in [-0.4, -0.2) is 92.4 Å². The number of thiophene rings is 1. The molecule has 1 aromatic heterocycles. The third-order valence-electron chi connectivity index (χ3n) is 9.59. The van der Waals surface area contributed by atoms with E-state index >= 15 is 0 Å². The first-order valence-corrected chi connectivity index (χ1v) is 18.5. The zero-order chi connectivity index (χ0) is 34.5. The third-order valence-corrected chi connectivity index (χ3v) is 11.7. The van der Waals surface area contributed by atoms with Crippen molar-refractivity contribution < 1.29 is 42.3 Å². The quantitative estimate of drug-likeness (QED) is 0.327. The van der Waals surface area contributed by atoms with Gasteiger partial charge in [0.05, 0.1) is 10.9 Å². The van der Waals surface area contributed by atoms with Gasteiger partial charge in [-0.1, -0.05) is 40.2 Å². The van der Waals surface area contributed by atoms with Gasteiger partial charge in [-0.2, -0.15) is 8.78 Å². The lowest BCUT2D eigenvalue weighted by Crippen LogP contribution is -2.58. The van der Waals surface area contributed by atoms with Crippen molar-refractivity contribution in [2.75, 3.05) is 26.2 Å². The number of hydrogen-bond donors (Lipinski definition) is 3. The highest BCUT2D eigenvalue weighted by Crippen LogP contribution is 2.59. The lowest BCUT2D eigenvalue weighted by atomic mass is 9.85. The highest BCUT2D eigenvalue weighted by Gasteiger charge is 2.51. The highest BCUT2D eigenvalue weighted by atomic mass is 32.1. The fourth-order valence-electron chi connectivity index (χ4n) is 6.93. The number of hydrogen-bond acceptors (Lipinski definition) is 6. The summed E-state index contributed by atoms with van der Waals surface area (Å²) in [6, 6.07) is 2.74. The van der Waals surface area contributed by atoms with Gasteiger partial charge in [0.15, 0.2) is 0 Å². The van der Waals surface area contributed by atoms with Gasteiger partial charge in [0.1, 0.15) is 12.1 Å². The Bertz CT molecular complexity index is 1610. The minimum Gasteiger partial charge on any atom is -0.340 e. The molecule has 0 saturated carbocycles. The first-order valence-electron chi connectivity index (χ1n) is 16.1. The fraction of sp³-hybridized carbons (Fsp3) is 0.625. The molecule has 2 aromatic rings. The van der Waals surface area contributed by atoms with Gasteiger partial charge in [0.25, 0.3) is 5.91 Å². The number of likely N-dealkylation sites (tertiary alicyclic amines) is 3. The monoisotopic (exact) mass is 696 g/mol. The SMILES string of the molecule is CCCCC(=O)N1C[C@H]2CCN(C(=O)[C@@H]3CCCN3C(=O)C(NC(=O)c3cc4cc(C(F)(F)P(=O)(O)O)ccc4s3)C(C)(C)C)[C@H]2C1. The molecular formula is C32H43F2N4O7PS. The number of benzene rings is 1. The molecule has 0 bridgehead atoms. The molecule has 5 rings (SSSR count). The van der Waals surface area contributed by atoms with E-state index in [9.17, 15) is 32.5 Å². The molecule has 3 fully saturated rings. The first-order chi connectivity index (χ1) is 21.9. The second-order valence-electron chi connectivity index (χ2n) is 14.0. The molecular weight excluding hydrogens is 653 g/mol. The van der Waals surface area contributed by atoms with Crippen molar-refractivity contribution in [1.29, 1.82) is 0 Å². The van der Waals surface area contributed by atoms with E-state index in [-0.39, 0.29) is 39.9 Å². The van der Waals surface area contributed by atoms with E-state index in [4.69, 9.17) is 9.79 Å². The van der Waals surface area contributed by atoms with Gasteiger partial charge in [0.2, 0.25) is 17.7 Å². The molecule has 0 spiro atoms. The molecule has 4 amide bonds. The summed E-state index contributed by atoms with van der Waals surface area (Å²) in [5.74, 6) is -0.779. The van der Waals surface area contributed by atoms with Gasteiger partial charge in [0, 0.05) is 48.8 Å². The van der Waals surface area contributed by atoms with Crippen LogP contribution in [-0.2, 0) is 24.6 Å². The van der Waals surface area contributed by atoms with Crippen LogP contribution in [0.25, 0.3) is 10.1 Å². The smallest absolute Gasteiger partial charge is 0.340 e. The molecule has 4 heterocycles. The Hall–Kier alpha value is -2.93. The number of nitrogens with one attached hydrogen (secondary N) is 1. The van der Waals surface area contributed by atoms with E-state index in [0.29, 0.717) is 50.1 Å². The summed E-state index contributed by atoms with van der Waals surface area (Å²) in [5, 5.41) is 3.02. The lowest BCUT2D eigenvalue weighted by molar-refractivity contribution is -0.146. The van der Waals surface area contributed by atoms with Crippen LogP contribution < -0.4 is 5.32 Å². The van der Waals surface area contributed by atoms with E-state index in [1.165, 1.54) is 12.1 Å². The van der Waals surface area contributed by atoms with E-state index in [1.54, 1.807) is 25.7 Å². The second-order valence-corrected chi connectivity index (χ2v) is 16.7. The van der Waals surface area contributed by atoms with E-state index in [0.717, 1.165) is 42.7 Å². The van der Waals surface area contributed by atoms with Crippen molar-refractivity contribution >= 4 is 52.6 Å². The summed E-state index contributed by atoms with van der Waals surface area (Å²) >= 11 is 1.00. The van der Waals surface area contributed by atoms with Crippen molar-refractivity contribution in [3.05, 3.63) is 34.7 Å². The predicted molar refractivity (Wildman–Crippen MR) is 173 cm³/mol. The maximum atomic E-state index is 14.3. The molecule has 3 aliphatic heterocycles. The number of halogens is 2. The molecule has 0 aliphatic carbocycles. The van der Waals surface area contributed by atoms with E-state index in [2.05, 4.69) is 5.32 Å². The Morgan fingerprint density at radius 1 is 1.06 bits per heavy atom. The zero-order valence-corrected chi connectivity index (χ0v) is 28.8. The van der Waals surface area contributed by atoms with Crippen LogP contribution in [0.15, 0.2) is 24.3 Å². The van der Waals surface area contributed by atoms with Crippen molar-refractivity contribution in [2.24, 2.45) is 11.3 Å². The number of rotatable bonds is 9. The largest absolute Gasteiger partial charge is 0.399 e. The van der Waals surface area contributed by atoms with E-state index < -0.39 is 42.2 Å². The van der Waals surface area contributed by atoms with E-state index in [1.807, 2.05) is 16.7 Å². The van der Waals surface area contributed by atoms with Crippen LogP contribution >= 0.6 is 18.9 Å². The molecule has 3 saturated heterocycles. The average molecular weight is 697 g/mol. The van der Waals surface area contributed by atoms with Crippen molar-refractivity contribution in [3.63, 3.8) is 0 Å². The molecule has 3 N–H and O–H groups in total. The number of carbonyl (C=O) groups excluding carboxylic acids is 4. The Balaban J connectivity index is 1.30. The number of nitrogens with zero attached hydrogens (tertiary/aromatic N) is 3. The average Bonchev–Trinajstić information content (AvgIpc) is 3.79. The maximum Gasteiger partial charge on any atom is 0.399 e. The summed E-state index contributed by atoms with van der Waals surface area (Å²) in [5.41, 5.74) is -6.01. The summed E-state index contributed by atoms with van der Waals surface area (Å²) in [6.45, 7) is 9.55. The third kappa shape index (κ3) is 6.97. The van der Waals surface area contributed by atoms with Gasteiger partial charge in [-0.15, -0.1) is 11.3 Å². The van der Waals surface area contributed by atoms with Crippen LogP contribution in [0.2, 0.25) is 0 Å². The molecule has 1 aromatic carbocycles. The standard InChI is InChI=1S/C32H43F2N4O7PS/c1-5-6-9-26(39)36-17-19-12-14-38(23(19)18-36)29(41)22-8-7-13-37(22)30(42)27(31(2,3)4)35-28(40)25-16-20-15-21(10-11-24(20)47-25)32(33,34)46(43,44)45/h10-11,15-16,19,22-23,27H,5-9,12-14,17-18H2,1-4H3,(H,35,40)(H2,43,44,45)/t19-,22+,23+,27?/m1/s1. The van der Waals surface area contributed by atoms with Gasteiger partial charge < -0.3 is 29.8 Å². The molecule has 3 aliphatic rings. The Kier molecular flexibility index (Phi) is 9.92. The van der Waals surface area contributed by atoms with Crippen LogP contribution in [0.4, 0.5) is 8.78 Å². The van der Waals surface area contributed by atoms with Gasteiger partial charge in [-0.25, -0.2) is 0 Å². The molecule has 1 unspecified atom stereocenters. The van der Waals surface area contributed by atoms with Crippen molar-refractivity contribution in [3.8, 4) is 0 Å². The highest BCUT2D eigenvalue weighted by molar-refractivity contribution is 7.52. The van der Waals surface area contributed by atoms with Crippen molar-refractivity contribution in [2.45, 2.75) is 90.0 Å².